The van der Waals surface area contributed by atoms with E-state index in [0.29, 0.717) is 40.0 Å². The number of rotatable bonds is 8. The average Bonchev–Trinajstić information content (AvgIpc) is 3.44. The molecule has 4 N–H and O–H groups in total. The van der Waals surface area contributed by atoms with Crippen LogP contribution in [-0.4, -0.2) is 75.3 Å². The normalized spacial score (nSPS) is 21.0. The lowest BCUT2D eigenvalue weighted by atomic mass is 10.1. The minimum atomic E-state index is -4.56. The smallest absolute Gasteiger partial charge is 0.390 e. The van der Waals surface area contributed by atoms with Crippen LogP contribution in [0.1, 0.15) is 17.8 Å². The van der Waals surface area contributed by atoms with Crippen molar-refractivity contribution in [1.82, 2.24) is 19.9 Å². The van der Waals surface area contributed by atoms with Gasteiger partial charge in [-0.15, -0.1) is 11.3 Å². The van der Waals surface area contributed by atoms with Gasteiger partial charge in [0.1, 0.15) is 40.6 Å². The molecule has 0 bridgehead atoms. The highest BCUT2D eigenvalue weighted by Gasteiger charge is 2.44. The van der Waals surface area contributed by atoms with Gasteiger partial charge in [-0.25, -0.2) is 27.2 Å². The molecular weight excluding hydrogens is 619 g/mol. The topological polar surface area (TPSA) is 150 Å². The van der Waals surface area contributed by atoms with Gasteiger partial charge >= 0.3 is 6.18 Å². The molecule has 230 valence electrons. The molecule has 0 saturated heterocycles. The van der Waals surface area contributed by atoms with Crippen LogP contribution in [0, 0.1) is 31.4 Å². The summed E-state index contributed by atoms with van der Waals surface area (Å²) in [4.78, 5) is 16.6. The van der Waals surface area contributed by atoms with E-state index in [0.717, 1.165) is 4.70 Å². The van der Waals surface area contributed by atoms with Gasteiger partial charge in [0.25, 0.3) is 0 Å². The molecule has 0 unspecified atom stereocenters. The molecule has 4 aromatic rings. The van der Waals surface area contributed by atoms with E-state index in [1.54, 1.807) is 26.1 Å². The number of nitrogens with zero attached hydrogens (tertiary/aromatic N) is 4. The molecule has 4 atom stereocenters. The van der Waals surface area contributed by atoms with E-state index in [1.807, 2.05) is 0 Å². The van der Waals surface area contributed by atoms with E-state index < -0.39 is 69.0 Å². The van der Waals surface area contributed by atoms with Gasteiger partial charge in [-0.2, -0.15) is 18.2 Å². The number of hydrogen-bond donors (Lipinski definition) is 4. The molecule has 43 heavy (non-hydrogen) atoms. The van der Waals surface area contributed by atoms with Gasteiger partial charge in [-0.05, 0) is 38.5 Å². The summed E-state index contributed by atoms with van der Waals surface area (Å²) in [5, 5.41) is 27.1. The Balaban J connectivity index is 1.47. The van der Waals surface area contributed by atoms with Gasteiger partial charge < -0.3 is 20.8 Å². The fraction of sp³-hybridized carbons (Fsp3) is 0.385. The SMILES string of the molecule is Cc1nc(NCC(F)(F)F)nc(N[C@@H]2C[C@H](CS(=O)(=O)c3cc(F)cc(F)c3)[C@@H](O)[C@H]2O)c1-c1nc2c(C)nccc2s1. The van der Waals surface area contributed by atoms with Crippen LogP contribution >= 0.6 is 11.3 Å². The average molecular weight is 645 g/mol. The van der Waals surface area contributed by atoms with Gasteiger partial charge in [0.2, 0.25) is 5.95 Å². The molecule has 1 aliphatic carbocycles. The monoisotopic (exact) mass is 644 g/mol. The summed E-state index contributed by atoms with van der Waals surface area (Å²) >= 11 is 1.26. The Bertz CT molecular complexity index is 1770. The number of pyridine rings is 1. The highest BCUT2D eigenvalue weighted by atomic mass is 32.2. The summed E-state index contributed by atoms with van der Waals surface area (Å²) in [5.41, 5.74) is 1.83. The van der Waals surface area contributed by atoms with Gasteiger partial charge in [-0.1, -0.05) is 0 Å². The van der Waals surface area contributed by atoms with E-state index in [4.69, 9.17) is 0 Å². The summed E-state index contributed by atoms with van der Waals surface area (Å²) < 4.78 is 92.7. The van der Waals surface area contributed by atoms with Crippen LogP contribution in [0.25, 0.3) is 20.8 Å². The third-order valence-corrected chi connectivity index (χ3v) is 9.85. The van der Waals surface area contributed by atoms with Crippen molar-refractivity contribution < 1.29 is 40.6 Å². The molecule has 3 aromatic heterocycles. The zero-order valence-electron chi connectivity index (χ0n) is 22.5. The Hall–Kier alpha value is -3.54. The second-order valence-corrected chi connectivity index (χ2v) is 13.3. The van der Waals surface area contributed by atoms with Crippen molar-refractivity contribution in [3.05, 3.63) is 53.5 Å². The standard InChI is InChI=1S/C26H25F5N6O4S2/c1-11-19(24-36-20-12(2)32-4-3-18(20)42-24)23(37-25(34-11)33-10-26(29,30)31)35-17-5-13(21(38)22(17)39)9-43(40,41)16-7-14(27)6-15(28)8-16/h3-4,6-8,13,17,21-22,38-39H,5,9-10H2,1-2H3,(H2,33,34,35,37)/t13-,17-,21-,22+/m1/s1. The number of aromatic nitrogens is 4. The van der Waals surface area contributed by atoms with Crippen molar-refractivity contribution in [3.63, 3.8) is 0 Å². The number of thiazole rings is 1. The van der Waals surface area contributed by atoms with Gasteiger partial charge in [-0.3, -0.25) is 4.98 Å². The summed E-state index contributed by atoms with van der Waals surface area (Å²) in [5.74, 6) is -4.34. The number of halogens is 5. The lowest BCUT2D eigenvalue weighted by Gasteiger charge is -2.21. The summed E-state index contributed by atoms with van der Waals surface area (Å²) in [6, 6.07) is 2.58. The number of nitrogens with one attached hydrogen (secondary N) is 2. The molecule has 0 spiro atoms. The molecule has 10 nitrogen and oxygen atoms in total. The first kappa shape index (κ1) is 30.9. The lowest BCUT2D eigenvalue weighted by Crippen LogP contribution is -2.36. The Kier molecular flexibility index (Phi) is 8.28. The zero-order chi connectivity index (χ0) is 31.3. The number of aliphatic hydroxyl groups excluding tert-OH is 2. The van der Waals surface area contributed by atoms with Gasteiger partial charge in [0.05, 0.1) is 44.4 Å². The number of benzene rings is 1. The van der Waals surface area contributed by atoms with Crippen LogP contribution in [0.4, 0.5) is 33.7 Å². The Morgan fingerprint density at radius 1 is 1.02 bits per heavy atom. The van der Waals surface area contributed by atoms with Crippen molar-refractivity contribution in [3.8, 4) is 10.6 Å². The minimum Gasteiger partial charge on any atom is -0.390 e. The summed E-state index contributed by atoms with van der Waals surface area (Å²) in [7, 11) is -4.28. The van der Waals surface area contributed by atoms with Crippen LogP contribution in [0.2, 0.25) is 0 Å². The number of hydrogen-bond acceptors (Lipinski definition) is 11. The minimum absolute atomic E-state index is 0.00574. The van der Waals surface area contributed by atoms with Crippen LogP contribution in [0.3, 0.4) is 0 Å². The van der Waals surface area contributed by atoms with Crippen LogP contribution in [0.5, 0.6) is 0 Å². The summed E-state index contributed by atoms with van der Waals surface area (Å²) in [6.07, 6.45) is -6.17. The predicted molar refractivity (Wildman–Crippen MR) is 148 cm³/mol. The fourth-order valence-corrected chi connectivity index (χ4v) is 7.76. The Morgan fingerprint density at radius 2 is 1.72 bits per heavy atom. The van der Waals surface area contributed by atoms with Gasteiger partial charge in [0, 0.05) is 18.2 Å². The molecule has 1 saturated carbocycles. The van der Waals surface area contributed by atoms with E-state index in [9.17, 15) is 40.6 Å². The molecule has 1 aromatic carbocycles. The maximum atomic E-state index is 13.7. The van der Waals surface area contributed by atoms with Crippen molar-refractivity contribution in [2.45, 2.75) is 49.6 Å². The molecule has 0 radical (unpaired) electrons. The van der Waals surface area contributed by atoms with Crippen LogP contribution < -0.4 is 10.6 Å². The van der Waals surface area contributed by atoms with Crippen molar-refractivity contribution in [2.24, 2.45) is 5.92 Å². The first-order valence-corrected chi connectivity index (χ1v) is 15.3. The zero-order valence-corrected chi connectivity index (χ0v) is 24.2. The highest BCUT2D eigenvalue weighted by Crippen LogP contribution is 2.39. The van der Waals surface area contributed by atoms with Crippen molar-refractivity contribution in [2.75, 3.05) is 22.9 Å². The number of alkyl halides is 3. The Morgan fingerprint density at radius 3 is 2.37 bits per heavy atom. The van der Waals surface area contributed by atoms with E-state index >= 15 is 0 Å². The molecule has 1 fully saturated rings. The van der Waals surface area contributed by atoms with Crippen LogP contribution in [0.15, 0.2) is 35.4 Å². The van der Waals surface area contributed by atoms with E-state index in [2.05, 4.69) is 30.6 Å². The molecule has 1 aliphatic rings. The van der Waals surface area contributed by atoms with Crippen molar-refractivity contribution >= 4 is 43.2 Å². The highest BCUT2D eigenvalue weighted by molar-refractivity contribution is 7.91. The number of fused-ring (bicyclic) bond motifs is 1. The first-order chi connectivity index (χ1) is 20.1. The predicted octanol–water partition coefficient (Wildman–Crippen LogP) is 4.01. The Labute approximate surface area is 246 Å². The third-order valence-electron chi connectivity index (χ3n) is 6.99. The second kappa shape index (κ2) is 11.5. The summed E-state index contributed by atoms with van der Waals surface area (Å²) in [6.45, 7) is 1.90. The second-order valence-electron chi connectivity index (χ2n) is 10.2. The van der Waals surface area contributed by atoms with E-state index in [1.165, 1.54) is 11.3 Å². The number of sulfone groups is 1. The number of aryl methyl sites for hydroxylation is 2. The molecule has 5 rings (SSSR count). The van der Waals surface area contributed by atoms with E-state index in [-0.39, 0.29) is 23.9 Å². The largest absolute Gasteiger partial charge is 0.405 e. The van der Waals surface area contributed by atoms with Crippen LogP contribution in [-0.2, 0) is 9.84 Å². The molecule has 0 aliphatic heterocycles. The first-order valence-electron chi connectivity index (χ1n) is 12.8. The number of anilines is 2. The fourth-order valence-electron chi connectivity index (χ4n) is 4.98. The molecule has 0 amide bonds. The maximum absolute atomic E-state index is 13.7. The third kappa shape index (κ3) is 6.68. The molecular formula is C26H25F5N6O4S2. The molecule has 3 heterocycles. The molecule has 17 heteroatoms. The quantitative estimate of drug-likeness (QED) is 0.207. The maximum Gasteiger partial charge on any atom is 0.405 e. The number of aliphatic hydroxyl groups is 2. The lowest BCUT2D eigenvalue weighted by molar-refractivity contribution is -0.115. The van der Waals surface area contributed by atoms with Gasteiger partial charge in [0.15, 0.2) is 9.84 Å². The van der Waals surface area contributed by atoms with Crippen molar-refractivity contribution in [1.29, 1.82) is 0 Å².